The molecule has 1 fully saturated rings. The Morgan fingerprint density at radius 1 is 1.11 bits per heavy atom. The van der Waals surface area contributed by atoms with Gasteiger partial charge in [-0.05, 0) is 50.2 Å². The largest absolute Gasteiger partial charge is 0.494 e. The number of hydrogen-bond acceptors (Lipinski definition) is 1. The molecule has 0 saturated heterocycles. The first-order valence-electron chi connectivity index (χ1n) is 8.11. The second-order valence-corrected chi connectivity index (χ2v) is 5.70. The third-order valence-corrected chi connectivity index (χ3v) is 4.27. The van der Waals surface area contributed by atoms with Crippen LogP contribution in [-0.4, -0.2) is 6.61 Å². The maximum Gasteiger partial charge on any atom is 0.123 e. The highest BCUT2D eigenvalue weighted by Crippen LogP contribution is 2.40. The van der Waals surface area contributed by atoms with Crippen LogP contribution in [0.3, 0.4) is 0 Å². The average Bonchev–Trinajstić information content (AvgIpc) is 2.46. The minimum absolute atomic E-state index is 0.739. The van der Waals surface area contributed by atoms with Gasteiger partial charge in [0.2, 0.25) is 0 Å². The Morgan fingerprint density at radius 3 is 2.58 bits per heavy atom. The molecule has 1 aliphatic carbocycles. The molecule has 1 aliphatic rings. The summed E-state index contributed by atoms with van der Waals surface area (Å²) < 4.78 is 5.91. The molecule has 1 aromatic carbocycles. The predicted octanol–water partition coefficient (Wildman–Crippen LogP) is 5.48. The summed E-state index contributed by atoms with van der Waals surface area (Å²) >= 11 is 0. The highest BCUT2D eigenvalue weighted by Gasteiger charge is 2.21. The third-order valence-electron chi connectivity index (χ3n) is 4.27. The van der Waals surface area contributed by atoms with Gasteiger partial charge >= 0.3 is 0 Å². The van der Waals surface area contributed by atoms with Gasteiger partial charge in [-0.1, -0.05) is 44.7 Å². The van der Waals surface area contributed by atoms with Crippen LogP contribution in [0.15, 0.2) is 18.2 Å². The Hall–Kier alpha value is -0.980. The number of hydrogen-bond donors (Lipinski definition) is 0. The zero-order chi connectivity index (χ0) is 13.5. The van der Waals surface area contributed by atoms with E-state index in [2.05, 4.69) is 32.0 Å². The molecule has 1 heteroatoms. The van der Waals surface area contributed by atoms with Crippen LogP contribution in [0.25, 0.3) is 0 Å². The van der Waals surface area contributed by atoms with Crippen molar-refractivity contribution in [2.24, 2.45) is 0 Å². The number of ether oxygens (including phenoxy) is 1. The number of unbranched alkanes of at least 4 members (excludes halogenated alkanes) is 1. The smallest absolute Gasteiger partial charge is 0.123 e. The monoisotopic (exact) mass is 260 g/mol. The fraction of sp³-hybridized carbons (Fsp3) is 0.667. The Bertz CT molecular complexity index is 377. The lowest BCUT2D eigenvalue weighted by atomic mass is 9.81. The van der Waals surface area contributed by atoms with Crippen LogP contribution in [0.4, 0.5) is 0 Å². The molecule has 0 radical (unpaired) electrons. The quantitative estimate of drug-likeness (QED) is 0.658. The summed E-state index contributed by atoms with van der Waals surface area (Å²) in [7, 11) is 0. The zero-order valence-electron chi connectivity index (χ0n) is 12.6. The topological polar surface area (TPSA) is 9.23 Å². The van der Waals surface area contributed by atoms with Crippen LogP contribution < -0.4 is 4.74 Å². The zero-order valence-corrected chi connectivity index (χ0v) is 12.6. The molecular weight excluding hydrogens is 232 g/mol. The van der Waals surface area contributed by atoms with Gasteiger partial charge in [-0.3, -0.25) is 0 Å². The van der Waals surface area contributed by atoms with Crippen LogP contribution in [0.1, 0.15) is 75.8 Å². The molecule has 106 valence electrons. The fourth-order valence-corrected chi connectivity index (χ4v) is 3.31. The second-order valence-electron chi connectivity index (χ2n) is 5.70. The minimum Gasteiger partial charge on any atom is -0.494 e. The van der Waals surface area contributed by atoms with E-state index in [1.165, 1.54) is 56.9 Å². The average molecular weight is 260 g/mol. The molecule has 1 aromatic rings. The predicted molar refractivity (Wildman–Crippen MR) is 82.0 cm³/mol. The molecule has 0 heterocycles. The lowest BCUT2D eigenvalue weighted by molar-refractivity contribution is 0.327. The number of rotatable bonds is 6. The van der Waals surface area contributed by atoms with E-state index in [9.17, 15) is 0 Å². The van der Waals surface area contributed by atoms with Gasteiger partial charge in [0.15, 0.2) is 0 Å². The van der Waals surface area contributed by atoms with Crippen molar-refractivity contribution in [1.29, 1.82) is 0 Å². The lowest BCUT2D eigenvalue weighted by Crippen LogP contribution is -2.10. The molecule has 2 rings (SSSR count). The maximum absolute atomic E-state index is 5.91. The SMILES string of the molecule is CCCCc1cccc(OCC)c1C1CCCCC1. The van der Waals surface area contributed by atoms with E-state index < -0.39 is 0 Å². The molecule has 0 aliphatic heterocycles. The van der Waals surface area contributed by atoms with E-state index in [1.54, 1.807) is 5.56 Å². The Morgan fingerprint density at radius 2 is 1.89 bits per heavy atom. The van der Waals surface area contributed by atoms with E-state index in [4.69, 9.17) is 4.74 Å². The summed E-state index contributed by atoms with van der Waals surface area (Å²) in [6.07, 6.45) is 10.7. The third kappa shape index (κ3) is 3.75. The molecule has 0 spiro atoms. The summed E-state index contributed by atoms with van der Waals surface area (Å²) in [5.41, 5.74) is 3.08. The summed E-state index contributed by atoms with van der Waals surface area (Å²) in [6.45, 7) is 5.13. The van der Waals surface area contributed by atoms with Crippen LogP contribution in [0, 0.1) is 0 Å². The summed E-state index contributed by atoms with van der Waals surface area (Å²) in [5, 5.41) is 0. The van der Waals surface area contributed by atoms with Gasteiger partial charge in [0.1, 0.15) is 5.75 Å². The Balaban J connectivity index is 2.27. The van der Waals surface area contributed by atoms with Crippen LogP contribution in [-0.2, 0) is 6.42 Å². The van der Waals surface area contributed by atoms with Crippen molar-refractivity contribution in [3.8, 4) is 5.75 Å². The van der Waals surface area contributed by atoms with E-state index in [1.807, 2.05) is 0 Å². The molecule has 0 aromatic heterocycles. The van der Waals surface area contributed by atoms with E-state index in [0.29, 0.717) is 0 Å². The van der Waals surface area contributed by atoms with E-state index >= 15 is 0 Å². The molecule has 0 N–H and O–H groups in total. The standard InChI is InChI=1S/C18H28O/c1-3-5-10-15-13-9-14-17(19-4-2)18(15)16-11-7-6-8-12-16/h9,13-14,16H,3-8,10-12H2,1-2H3. The van der Waals surface area contributed by atoms with Gasteiger partial charge in [0.05, 0.1) is 6.61 Å². The van der Waals surface area contributed by atoms with Crippen molar-refractivity contribution in [3.05, 3.63) is 29.3 Å². The highest BCUT2D eigenvalue weighted by molar-refractivity contribution is 5.43. The van der Waals surface area contributed by atoms with Crippen molar-refractivity contribution in [2.45, 2.75) is 71.1 Å². The normalized spacial score (nSPS) is 16.5. The number of benzene rings is 1. The maximum atomic E-state index is 5.91. The van der Waals surface area contributed by atoms with Crippen LogP contribution in [0.5, 0.6) is 5.75 Å². The molecule has 0 amide bonds. The first kappa shape index (κ1) is 14.4. The van der Waals surface area contributed by atoms with Crippen molar-refractivity contribution < 1.29 is 4.74 Å². The van der Waals surface area contributed by atoms with E-state index in [-0.39, 0.29) is 0 Å². The van der Waals surface area contributed by atoms with Crippen molar-refractivity contribution >= 4 is 0 Å². The van der Waals surface area contributed by atoms with Gasteiger partial charge < -0.3 is 4.74 Å². The molecule has 0 unspecified atom stereocenters. The van der Waals surface area contributed by atoms with Crippen molar-refractivity contribution in [2.75, 3.05) is 6.61 Å². The van der Waals surface area contributed by atoms with Crippen LogP contribution in [0.2, 0.25) is 0 Å². The first-order valence-corrected chi connectivity index (χ1v) is 8.11. The lowest BCUT2D eigenvalue weighted by Gasteiger charge is -2.26. The summed E-state index contributed by atoms with van der Waals surface area (Å²) in [6, 6.07) is 6.66. The molecular formula is C18H28O. The molecule has 0 bridgehead atoms. The first-order chi connectivity index (χ1) is 9.36. The van der Waals surface area contributed by atoms with Gasteiger partial charge in [-0.15, -0.1) is 0 Å². The number of aryl methyl sites for hydroxylation is 1. The molecule has 0 atom stereocenters. The Kier molecular flexibility index (Phi) is 5.75. The van der Waals surface area contributed by atoms with Gasteiger partial charge in [-0.25, -0.2) is 0 Å². The highest BCUT2D eigenvalue weighted by atomic mass is 16.5. The van der Waals surface area contributed by atoms with Gasteiger partial charge in [0.25, 0.3) is 0 Å². The minimum atomic E-state index is 0.739. The molecule has 1 nitrogen and oxygen atoms in total. The summed E-state index contributed by atoms with van der Waals surface area (Å²) in [5.74, 6) is 1.89. The van der Waals surface area contributed by atoms with Gasteiger partial charge in [0, 0.05) is 5.56 Å². The fourth-order valence-electron chi connectivity index (χ4n) is 3.31. The van der Waals surface area contributed by atoms with Crippen LogP contribution >= 0.6 is 0 Å². The second kappa shape index (κ2) is 7.57. The van der Waals surface area contributed by atoms with Crippen molar-refractivity contribution in [3.63, 3.8) is 0 Å². The van der Waals surface area contributed by atoms with Gasteiger partial charge in [-0.2, -0.15) is 0 Å². The van der Waals surface area contributed by atoms with Crippen molar-refractivity contribution in [1.82, 2.24) is 0 Å². The molecule has 1 saturated carbocycles. The summed E-state index contributed by atoms with van der Waals surface area (Å²) in [4.78, 5) is 0. The Labute approximate surface area is 118 Å². The molecule has 19 heavy (non-hydrogen) atoms. The van der Waals surface area contributed by atoms with E-state index in [0.717, 1.165) is 18.3 Å².